The number of carboxylic acid groups (broad SMARTS) is 1. The summed E-state index contributed by atoms with van der Waals surface area (Å²) in [5, 5.41) is 17.3. The van der Waals surface area contributed by atoms with E-state index in [1.807, 2.05) is 29.2 Å². The van der Waals surface area contributed by atoms with Crippen molar-refractivity contribution in [3.63, 3.8) is 0 Å². The number of piperidine rings is 1. The number of H-pyrrole nitrogens is 1. The number of aromatic amines is 1. The Labute approximate surface area is 133 Å². The molecule has 1 amide bonds. The standard InChI is InChI=1S/C17H19N3O3/c21-15(9-14-11-3-1-2-4-13(11)18-19-14)20-7-5-17(6-8-20)10-12(17)16(22)23/h1-4,12H,5-10H2,(H,18,19)(H,22,23). The van der Waals surface area contributed by atoms with Gasteiger partial charge in [0.25, 0.3) is 0 Å². The Morgan fingerprint density at radius 1 is 1.30 bits per heavy atom. The van der Waals surface area contributed by atoms with Crippen molar-refractivity contribution in [2.45, 2.75) is 25.7 Å². The van der Waals surface area contributed by atoms with Gasteiger partial charge in [0.2, 0.25) is 5.91 Å². The molecule has 6 heteroatoms. The summed E-state index contributed by atoms with van der Waals surface area (Å²) in [6.07, 6.45) is 2.70. The molecule has 1 saturated heterocycles. The summed E-state index contributed by atoms with van der Waals surface area (Å²) in [7, 11) is 0. The predicted molar refractivity (Wildman–Crippen MR) is 83.8 cm³/mol. The second-order valence-corrected chi connectivity index (χ2v) is 6.73. The Balaban J connectivity index is 1.40. The van der Waals surface area contributed by atoms with Crippen molar-refractivity contribution in [1.82, 2.24) is 15.1 Å². The number of hydrogen-bond donors (Lipinski definition) is 2. The molecule has 1 aliphatic carbocycles. The van der Waals surface area contributed by atoms with Crippen LogP contribution < -0.4 is 0 Å². The molecule has 2 aromatic rings. The van der Waals surface area contributed by atoms with Crippen LogP contribution in [0.5, 0.6) is 0 Å². The van der Waals surface area contributed by atoms with Crippen LogP contribution in [0.3, 0.4) is 0 Å². The Kier molecular flexibility index (Phi) is 3.14. The molecule has 23 heavy (non-hydrogen) atoms. The van der Waals surface area contributed by atoms with E-state index in [0.717, 1.165) is 35.9 Å². The van der Waals surface area contributed by atoms with Crippen LogP contribution in [-0.2, 0) is 16.0 Å². The fourth-order valence-corrected chi connectivity index (χ4v) is 3.86. The van der Waals surface area contributed by atoms with Crippen LogP contribution in [0.4, 0.5) is 0 Å². The zero-order chi connectivity index (χ0) is 16.0. The molecule has 1 aliphatic heterocycles. The van der Waals surface area contributed by atoms with Gasteiger partial charge in [-0.1, -0.05) is 18.2 Å². The lowest BCUT2D eigenvalue weighted by atomic mass is 9.90. The van der Waals surface area contributed by atoms with Crippen molar-refractivity contribution in [2.75, 3.05) is 13.1 Å². The minimum Gasteiger partial charge on any atom is -0.481 e. The largest absolute Gasteiger partial charge is 0.481 e. The average molecular weight is 313 g/mol. The summed E-state index contributed by atoms with van der Waals surface area (Å²) < 4.78 is 0. The van der Waals surface area contributed by atoms with E-state index in [9.17, 15) is 9.59 Å². The van der Waals surface area contributed by atoms with Crippen molar-refractivity contribution in [3.8, 4) is 0 Å². The van der Waals surface area contributed by atoms with Crippen molar-refractivity contribution in [3.05, 3.63) is 30.0 Å². The normalized spacial score (nSPS) is 22.4. The van der Waals surface area contributed by atoms with Crippen LogP contribution >= 0.6 is 0 Å². The number of carboxylic acids is 1. The van der Waals surface area contributed by atoms with E-state index in [0.29, 0.717) is 19.5 Å². The van der Waals surface area contributed by atoms with E-state index >= 15 is 0 Å². The molecule has 1 aromatic carbocycles. The van der Waals surface area contributed by atoms with Crippen LogP contribution in [-0.4, -0.2) is 45.2 Å². The number of aromatic nitrogens is 2. The van der Waals surface area contributed by atoms with Gasteiger partial charge < -0.3 is 10.0 Å². The monoisotopic (exact) mass is 313 g/mol. The first-order chi connectivity index (χ1) is 11.1. The number of rotatable bonds is 3. The Hall–Kier alpha value is -2.37. The van der Waals surface area contributed by atoms with E-state index < -0.39 is 5.97 Å². The summed E-state index contributed by atoms with van der Waals surface area (Å²) in [6.45, 7) is 1.32. The second-order valence-electron chi connectivity index (χ2n) is 6.73. The van der Waals surface area contributed by atoms with E-state index in [1.165, 1.54) is 0 Å². The molecule has 2 aliphatic rings. The fourth-order valence-electron chi connectivity index (χ4n) is 3.86. The highest BCUT2D eigenvalue weighted by atomic mass is 16.4. The number of para-hydroxylation sites is 1. The number of hydrogen-bond acceptors (Lipinski definition) is 3. The molecule has 120 valence electrons. The SMILES string of the molecule is O=C(O)C1CC12CCN(C(=O)Cc1[nH]nc3ccccc13)CC2. The van der Waals surface area contributed by atoms with Crippen molar-refractivity contribution in [1.29, 1.82) is 0 Å². The number of carbonyl (C=O) groups excluding carboxylic acids is 1. The van der Waals surface area contributed by atoms with Gasteiger partial charge in [0.1, 0.15) is 0 Å². The molecule has 1 aromatic heterocycles. The molecule has 1 atom stereocenters. The van der Waals surface area contributed by atoms with Gasteiger partial charge in [0, 0.05) is 18.5 Å². The minimum absolute atomic E-state index is 0.0384. The molecule has 2 fully saturated rings. The van der Waals surface area contributed by atoms with Gasteiger partial charge in [-0.3, -0.25) is 14.7 Å². The molecule has 0 radical (unpaired) electrons. The minimum atomic E-state index is -0.686. The Morgan fingerprint density at radius 3 is 2.74 bits per heavy atom. The first kappa shape index (κ1) is 14.2. The van der Waals surface area contributed by atoms with Crippen molar-refractivity contribution >= 4 is 22.8 Å². The molecule has 0 bridgehead atoms. The highest BCUT2D eigenvalue weighted by molar-refractivity contribution is 5.87. The lowest BCUT2D eigenvalue weighted by molar-refractivity contribution is -0.139. The van der Waals surface area contributed by atoms with Crippen LogP contribution in [0.25, 0.3) is 10.9 Å². The third-order valence-corrected chi connectivity index (χ3v) is 5.47. The number of amides is 1. The second kappa shape index (κ2) is 5.08. The summed E-state index contributed by atoms with van der Waals surface area (Å²) in [5.74, 6) is -0.799. The highest BCUT2D eigenvalue weighted by Crippen LogP contribution is 2.59. The van der Waals surface area contributed by atoms with Gasteiger partial charge in [-0.2, -0.15) is 5.10 Å². The topological polar surface area (TPSA) is 86.3 Å². The summed E-state index contributed by atoms with van der Waals surface area (Å²) >= 11 is 0. The summed E-state index contributed by atoms with van der Waals surface area (Å²) in [4.78, 5) is 25.5. The first-order valence-corrected chi connectivity index (χ1v) is 8.02. The van der Waals surface area contributed by atoms with E-state index in [-0.39, 0.29) is 17.2 Å². The van der Waals surface area contributed by atoms with E-state index in [2.05, 4.69) is 10.2 Å². The molecule has 1 saturated carbocycles. The smallest absolute Gasteiger partial charge is 0.307 e. The van der Waals surface area contributed by atoms with Gasteiger partial charge in [-0.25, -0.2) is 0 Å². The molecule has 6 nitrogen and oxygen atoms in total. The molecule has 2 N–H and O–H groups in total. The van der Waals surface area contributed by atoms with Gasteiger partial charge in [-0.05, 0) is 30.7 Å². The van der Waals surface area contributed by atoms with Gasteiger partial charge in [0.15, 0.2) is 0 Å². The van der Waals surface area contributed by atoms with Gasteiger partial charge in [0.05, 0.1) is 23.5 Å². The number of carbonyl (C=O) groups is 2. The first-order valence-electron chi connectivity index (χ1n) is 8.02. The number of likely N-dealkylation sites (tertiary alicyclic amines) is 1. The predicted octanol–water partition coefficient (Wildman–Crippen LogP) is 1.82. The number of benzene rings is 1. The molecule has 1 unspecified atom stereocenters. The maximum absolute atomic E-state index is 12.5. The summed E-state index contributed by atoms with van der Waals surface area (Å²) in [6, 6.07) is 7.75. The van der Waals surface area contributed by atoms with E-state index in [1.54, 1.807) is 0 Å². The third-order valence-electron chi connectivity index (χ3n) is 5.47. The van der Waals surface area contributed by atoms with E-state index in [4.69, 9.17) is 5.11 Å². The molecule has 2 heterocycles. The Bertz CT molecular complexity index is 774. The maximum atomic E-state index is 12.5. The summed E-state index contributed by atoms with van der Waals surface area (Å²) in [5.41, 5.74) is 1.68. The van der Waals surface area contributed by atoms with Crippen LogP contribution in [0.2, 0.25) is 0 Å². The van der Waals surface area contributed by atoms with Crippen molar-refractivity contribution < 1.29 is 14.7 Å². The van der Waals surface area contributed by atoms with Crippen molar-refractivity contribution in [2.24, 2.45) is 11.3 Å². The number of fused-ring (bicyclic) bond motifs is 1. The van der Waals surface area contributed by atoms with Gasteiger partial charge >= 0.3 is 5.97 Å². The maximum Gasteiger partial charge on any atom is 0.307 e. The third kappa shape index (κ3) is 2.38. The number of nitrogens with one attached hydrogen (secondary N) is 1. The lowest BCUT2D eigenvalue weighted by Gasteiger charge is -2.32. The number of aliphatic carboxylic acids is 1. The van der Waals surface area contributed by atoms with Crippen LogP contribution in [0, 0.1) is 11.3 Å². The van der Waals surface area contributed by atoms with Gasteiger partial charge in [-0.15, -0.1) is 0 Å². The quantitative estimate of drug-likeness (QED) is 0.905. The average Bonchev–Trinajstić information content (AvgIpc) is 3.11. The fraction of sp³-hybridized carbons (Fsp3) is 0.471. The van der Waals surface area contributed by atoms with Crippen LogP contribution in [0.1, 0.15) is 25.0 Å². The Morgan fingerprint density at radius 2 is 2.04 bits per heavy atom. The number of nitrogens with zero attached hydrogens (tertiary/aromatic N) is 2. The molecular formula is C17H19N3O3. The molecule has 1 spiro atoms. The lowest BCUT2D eigenvalue weighted by Crippen LogP contribution is -2.40. The zero-order valence-electron chi connectivity index (χ0n) is 12.8. The van der Waals surface area contributed by atoms with Crippen LogP contribution in [0.15, 0.2) is 24.3 Å². The zero-order valence-corrected chi connectivity index (χ0v) is 12.8. The highest BCUT2D eigenvalue weighted by Gasteiger charge is 2.59. The molecular weight excluding hydrogens is 294 g/mol. The molecule has 4 rings (SSSR count).